The first-order valence-corrected chi connectivity index (χ1v) is 7.54. The van der Waals surface area contributed by atoms with Gasteiger partial charge in [0.1, 0.15) is 0 Å². The van der Waals surface area contributed by atoms with Crippen molar-refractivity contribution in [2.45, 2.75) is 12.5 Å². The molecular weight excluding hydrogens is 368 g/mol. The largest absolute Gasteiger partial charge is 0.324 e. The van der Waals surface area contributed by atoms with E-state index in [9.17, 15) is 0 Å². The molecule has 0 fully saturated rings. The summed E-state index contributed by atoms with van der Waals surface area (Å²) in [4.78, 5) is 0. The first-order valence-electron chi connectivity index (χ1n) is 5.62. The van der Waals surface area contributed by atoms with E-state index in [1.54, 1.807) is 6.07 Å². The van der Waals surface area contributed by atoms with Gasteiger partial charge in [-0.05, 0) is 57.7 Å². The Morgan fingerprint density at radius 2 is 1.74 bits per heavy atom. The van der Waals surface area contributed by atoms with Gasteiger partial charge in [0.25, 0.3) is 0 Å². The van der Waals surface area contributed by atoms with E-state index in [2.05, 4.69) is 15.9 Å². The lowest BCUT2D eigenvalue weighted by atomic mass is 10.00. The molecule has 0 aromatic heterocycles. The van der Waals surface area contributed by atoms with Gasteiger partial charge in [0, 0.05) is 20.6 Å². The van der Waals surface area contributed by atoms with Crippen molar-refractivity contribution in [3.63, 3.8) is 0 Å². The Kier molecular flexibility index (Phi) is 5.15. The van der Waals surface area contributed by atoms with E-state index in [4.69, 9.17) is 40.5 Å². The highest BCUT2D eigenvalue weighted by atomic mass is 79.9. The minimum Gasteiger partial charge on any atom is -0.324 e. The molecule has 0 bridgehead atoms. The minimum absolute atomic E-state index is 0.163. The first kappa shape index (κ1) is 15.1. The summed E-state index contributed by atoms with van der Waals surface area (Å²) in [6.45, 7) is 0. The predicted molar refractivity (Wildman–Crippen MR) is 86.2 cm³/mol. The summed E-state index contributed by atoms with van der Waals surface area (Å²) < 4.78 is 0.856. The second kappa shape index (κ2) is 6.47. The molecule has 0 saturated heterocycles. The standard InChI is InChI=1S/C14H11BrCl3N/c15-11-4-2-9(5-13(11)18)14(19)6-8-1-3-10(16)7-12(8)17/h1-5,7,14H,6,19H2. The Labute approximate surface area is 135 Å². The van der Waals surface area contributed by atoms with Crippen LogP contribution in [0.4, 0.5) is 0 Å². The zero-order valence-corrected chi connectivity index (χ0v) is 13.7. The maximum absolute atomic E-state index is 6.19. The monoisotopic (exact) mass is 377 g/mol. The van der Waals surface area contributed by atoms with Crippen LogP contribution >= 0.6 is 50.7 Å². The quantitative estimate of drug-likeness (QED) is 0.732. The maximum atomic E-state index is 6.19. The summed E-state index contributed by atoms with van der Waals surface area (Å²) >= 11 is 21.4. The van der Waals surface area contributed by atoms with Crippen LogP contribution in [0.1, 0.15) is 17.2 Å². The van der Waals surface area contributed by atoms with E-state index >= 15 is 0 Å². The molecule has 19 heavy (non-hydrogen) atoms. The van der Waals surface area contributed by atoms with Crippen LogP contribution < -0.4 is 5.73 Å². The molecule has 2 rings (SSSR count). The van der Waals surface area contributed by atoms with Gasteiger partial charge in [0.2, 0.25) is 0 Å². The van der Waals surface area contributed by atoms with E-state index in [1.165, 1.54) is 0 Å². The summed E-state index contributed by atoms with van der Waals surface area (Å²) in [5.41, 5.74) is 8.13. The Hall–Kier alpha value is -0.250. The Morgan fingerprint density at radius 1 is 1.00 bits per heavy atom. The second-order valence-electron chi connectivity index (χ2n) is 4.22. The molecule has 0 radical (unpaired) electrons. The average molecular weight is 380 g/mol. The molecule has 1 nitrogen and oxygen atoms in total. The summed E-state index contributed by atoms with van der Waals surface area (Å²) in [6, 6.07) is 11.0. The lowest BCUT2D eigenvalue weighted by molar-refractivity contribution is 0.722. The van der Waals surface area contributed by atoms with Crippen molar-refractivity contribution in [2.75, 3.05) is 0 Å². The number of rotatable bonds is 3. The molecule has 0 saturated carbocycles. The van der Waals surface area contributed by atoms with E-state index in [-0.39, 0.29) is 6.04 Å². The van der Waals surface area contributed by atoms with E-state index in [0.717, 1.165) is 15.6 Å². The van der Waals surface area contributed by atoms with Gasteiger partial charge in [-0.3, -0.25) is 0 Å². The summed E-state index contributed by atoms with van der Waals surface area (Å²) in [5.74, 6) is 0. The number of halogens is 4. The van der Waals surface area contributed by atoms with Crippen molar-refractivity contribution in [1.29, 1.82) is 0 Å². The molecule has 2 aromatic carbocycles. The van der Waals surface area contributed by atoms with Crippen LogP contribution in [0.25, 0.3) is 0 Å². The Morgan fingerprint density at radius 3 is 2.37 bits per heavy atom. The van der Waals surface area contributed by atoms with Gasteiger partial charge < -0.3 is 5.73 Å². The van der Waals surface area contributed by atoms with Crippen molar-refractivity contribution >= 4 is 50.7 Å². The highest BCUT2D eigenvalue weighted by Gasteiger charge is 2.11. The molecule has 1 atom stereocenters. The fourth-order valence-electron chi connectivity index (χ4n) is 1.79. The lowest BCUT2D eigenvalue weighted by Gasteiger charge is -2.14. The molecule has 0 amide bonds. The molecule has 5 heteroatoms. The zero-order chi connectivity index (χ0) is 14.0. The molecular formula is C14H11BrCl3N. The third kappa shape index (κ3) is 3.87. The zero-order valence-electron chi connectivity index (χ0n) is 9.84. The van der Waals surface area contributed by atoms with Gasteiger partial charge in [-0.1, -0.05) is 46.9 Å². The molecule has 0 aliphatic heterocycles. The van der Waals surface area contributed by atoms with Crippen LogP contribution in [0.3, 0.4) is 0 Å². The Bertz CT molecular complexity index is 601. The summed E-state index contributed by atoms with van der Waals surface area (Å²) in [7, 11) is 0. The fraction of sp³-hybridized carbons (Fsp3) is 0.143. The highest BCUT2D eigenvalue weighted by molar-refractivity contribution is 9.10. The smallest absolute Gasteiger partial charge is 0.0551 e. The van der Waals surface area contributed by atoms with Crippen molar-refractivity contribution < 1.29 is 0 Å². The highest BCUT2D eigenvalue weighted by Crippen LogP contribution is 2.28. The van der Waals surface area contributed by atoms with Gasteiger partial charge in [-0.2, -0.15) is 0 Å². The number of nitrogens with two attached hydrogens (primary N) is 1. The third-order valence-corrected chi connectivity index (χ3v) is 4.65. The van der Waals surface area contributed by atoms with E-state index in [1.807, 2.05) is 30.3 Å². The fourth-order valence-corrected chi connectivity index (χ4v) is 2.71. The molecule has 0 heterocycles. The van der Waals surface area contributed by atoms with E-state index in [0.29, 0.717) is 21.5 Å². The number of hydrogen-bond donors (Lipinski definition) is 1. The van der Waals surface area contributed by atoms with Crippen molar-refractivity contribution in [1.82, 2.24) is 0 Å². The molecule has 0 spiro atoms. The molecule has 100 valence electrons. The van der Waals surface area contributed by atoms with Crippen LogP contribution in [0.5, 0.6) is 0 Å². The van der Waals surface area contributed by atoms with Crippen LogP contribution in [-0.4, -0.2) is 0 Å². The van der Waals surface area contributed by atoms with Crippen LogP contribution in [-0.2, 0) is 6.42 Å². The van der Waals surface area contributed by atoms with Gasteiger partial charge in [-0.25, -0.2) is 0 Å². The van der Waals surface area contributed by atoms with Crippen molar-refractivity contribution in [3.8, 4) is 0 Å². The average Bonchev–Trinajstić information content (AvgIpc) is 2.36. The molecule has 1 unspecified atom stereocenters. The molecule has 0 aliphatic carbocycles. The third-order valence-electron chi connectivity index (χ3n) is 2.83. The minimum atomic E-state index is -0.163. The van der Waals surface area contributed by atoms with E-state index < -0.39 is 0 Å². The number of hydrogen-bond acceptors (Lipinski definition) is 1. The predicted octanol–water partition coefficient (Wildman–Crippen LogP) is 5.65. The van der Waals surface area contributed by atoms with Crippen LogP contribution in [0, 0.1) is 0 Å². The topological polar surface area (TPSA) is 26.0 Å². The maximum Gasteiger partial charge on any atom is 0.0551 e. The van der Waals surface area contributed by atoms with Crippen LogP contribution in [0.15, 0.2) is 40.9 Å². The number of benzene rings is 2. The SMILES string of the molecule is NC(Cc1ccc(Cl)cc1Cl)c1ccc(Br)c(Cl)c1. The van der Waals surface area contributed by atoms with Gasteiger partial charge in [-0.15, -0.1) is 0 Å². The molecule has 0 aliphatic rings. The Balaban J connectivity index is 2.20. The normalized spacial score (nSPS) is 12.5. The van der Waals surface area contributed by atoms with Gasteiger partial charge in [0.15, 0.2) is 0 Å². The van der Waals surface area contributed by atoms with Gasteiger partial charge in [0.05, 0.1) is 5.02 Å². The van der Waals surface area contributed by atoms with Gasteiger partial charge >= 0.3 is 0 Å². The molecule has 2 N–H and O–H groups in total. The summed E-state index contributed by atoms with van der Waals surface area (Å²) in [5, 5.41) is 1.90. The van der Waals surface area contributed by atoms with Crippen molar-refractivity contribution in [2.24, 2.45) is 5.73 Å². The lowest BCUT2D eigenvalue weighted by Crippen LogP contribution is -2.13. The van der Waals surface area contributed by atoms with Crippen LogP contribution in [0.2, 0.25) is 15.1 Å². The molecule has 2 aromatic rings. The second-order valence-corrected chi connectivity index (χ2v) is 6.33. The van der Waals surface area contributed by atoms with Crippen molar-refractivity contribution in [3.05, 3.63) is 67.1 Å². The first-order chi connectivity index (χ1) is 8.97. The summed E-state index contributed by atoms with van der Waals surface area (Å²) in [6.07, 6.45) is 0.633.